The molecule has 0 spiro atoms. The van der Waals surface area contributed by atoms with Crippen molar-refractivity contribution in [2.45, 2.75) is 103 Å². The Morgan fingerprint density at radius 2 is 1.93 bits per heavy atom. The lowest BCUT2D eigenvalue weighted by molar-refractivity contribution is 0.0231. The van der Waals surface area contributed by atoms with E-state index < -0.39 is 8.41 Å². The Kier molecular flexibility index (Phi) is 8.89. The molecule has 1 aromatic rings. The van der Waals surface area contributed by atoms with Crippen LogP contribution in [0, 0.1) is 5.92 Å². The van der Waals surface area contributed by atoms with Crippen LogP contribution >= 0.6 is 0 Å². The van der Waals surface area contributed by atoms with Gasteiger partial charge >= 0.3 is 0 Å². The van der Waals surface area contributed by atoms with Crippen LogP contribution < -0.4 is 0 Å². The molecular weight excluding hydrogens is 361 g/mol. The fraction of sp³-hybridized carbons (Fsp3) is 0.900. The maximum absolute atomic E-state index is 15.1. The largest absolute Gasteiger partial charge is 0.396 e. The van der Waals surface area contributed by atoms with Crippen LogP contribution in [0.3, 0.4) is 0 Å². The van der Waals surface area contributed by atoms with Crippen LogP contribution in [0.2, 0.25) is 18.6 Å². The molecule has 0 radical (unpaired) electrons. The third-order valence-corrected chi connectivity index (χ3v) is 8.37. The molecule has 0 aliphatic carbocycles. The highest BCUT2D eigenvalue weighted by Crippen LogP contribution is 2.47. The van der Waals surface area contributed by atoms with Crippen molar-refractivity contribution in [2.75, 3.05) is 6.61 Å². The predicted octanol–water partition coefficient (Wildman–Crippen LogP) is 4.51. The van der Waals surface area contributed by atoms with E-state index in [4.69, 9.17) is 9.84 Å². The average Bonchev–Trinajstić information content (AvgIpc) is 3.17. The molecule has 0 bridgehead atoms. The molecule has 0 unspecified atom stereocenters. The van der Waals surface area contributed by atoms with Gasteiger partial charge in [0, 0.05) is 31.3 Å². The van der Waals surface area contributed by atoms with E-state index in [1.54, 1.807) is 4.68 Å². The van der Waals surface area contributed by atoms with Crippen LogP contribution in [-0.4, -0.2) is 47.3 Å². The van der Waals surface area contributed by atoms with E-state index >= 15 is 4.11 Å². The average molecular weight is 400 g/mol. The Morgan fingerprint density at radius 1 is 1.19 bits per heavy atom. The maximum atomic E-state index is 15.1. The highest BCUT2D eigenvalue weighted by molar-refractivity contribution is 6.72. The zero-order valence-corrected chi connectivity index (χ0v) is 18.5. The van der Waals surface area contributed by atoms with Crippen LogP contribution in [0.4, 0.5) is 4.11 Å². The van der Waals surface area contributed by atoms with Gasteiger partial charge in [-0.1, -0.05) is 51.2 Å². The molecule has 1 aromatic heterocycles. The second-order valence-electron chi connectivity index (χ2n) is 8.60. The van der Waals surface area contributed by atoms with Crippen molar-refractivity contribution in [3.8, 4) is 0 Å². The van der Waals surface area contributed by atoms with Crippen molar-refractivity contribution in [3.63, 3.8) is 0 Å². The number of aromatic nitrogens is 3. The van der Waals surface area contributed by atoms with E-state index in [0.29, 0.717) is 13.0 Å². The molecule has 1 N–H and O–H groups in total. The first-order valence-corrected chi connectivity index (χ1v) is 13.7. The Hall–Kier alpha value is -0.793. The number of unbranched alkanes of at least 4 members (excludes halogenated alkanes) is 4. The summed E-state index contributed by atoms with van der Waals surface area (Å²) in [6, 6.07) is 0. The summed E-state index contributed by atoms with van der Waals surface area (Å²) < 4.78 is 23.3. The van der Waals surface area contributed by atoms with Crippen LogP contribution in [0.1, 0.15) is 64.5 Å². The summed E-state index contributed by atoms with van der Waals surface area (Å²) in [4.78, 5) is 0. The van der Waals surface area contributed by atoms with Gasteiger partial charge in [0.15, 0.2) is 0 Å². The summed E-state index contributed by atoms with van der Waals surface area (Å²) in [7, 11) is -2.80. The monoisotopic (exact) mass is 399 g/mol. The summed E-state index contributed by atoms with van der Waals surface area (Å²) in [5.41, 5.74) is 0.832. The van der Waals surface area contributed by atoms with Crippen molar-refractivity contribution >= 4 is 8.41 Å². The van der Waals surface area contributed by atoms with E-state index in [2.05, 4.69) is 24.2 Å². The van der Waals surface area contributed by atoms with Gasteiger partial charge < -0.3 is 14.0 Å². The molecule has 2 heterocycles. The number of aliphatic hydroxyl groups excluding tert-OH is 1. The quantitative estimate of drug-likeness (QED) is 0.319. The number of hydrogen-bond donors (Lipinski definition) is 1. The molecular formula is C20H38FN3O2Si. The third kappa shape index (κ3) is 6.64. The van der Waals surface area contributed by atoms with Crippen molar-refractivity contribution in [1.82, 2.24) is 15.0 Å². The number of aliphatic hydroxyl groups is 1. The highest BCUT2D eigenvalue weighted by Gasteiger charge is 2.50. The molecule has 0 amide bonds. The van der Waals surface area contributed by atoms with Gasteiger partial charge in [-0.25, -0.2) is 0 Å². The van der Waals surface area contributed by atoms with E-state index in [0.717, 1.165) is 18.5 Å². The lowest BCUT2D eigenvalue weighted by atomic mass is 9.95. The van der Waals surface area contributed by atoms with Crippen molar-refractivity contribution in [2.24, 2.45) is 5.92 Å². The topological polar surface area (TPSA) is 60.2 Å². The Labute approximate surface area is 164 Å². The number of hydrogen-bond acceptors (Lipinski definition) is 4. The second kappa shape index (κ2) is 10.7. The van der Waals surface area contributed by atoms with Gasteiger partial charge in [-0.2, -0.15) is 0 Å². The summed E-state index contributed by atoms with van der Waals surface area (Å²) in [6.45, 7) is 8.81. The van der Waals surface area contributed by atoms with Gasteiger partial charge in [0.1, 0.15) is 0 Å². The Bertz CT molecular complexity index is 550. The van der Waals surface area contributed by atoms with E-state index in [-0.39, 0.29) is 30.3 Å². The fourth-order valence-corrected chi connectivity index (χ4v) is 7.13. The summed E-state index contributed by atoms with van der Waals surface area (Å²) in [5.74, 6) is 0.286. The molecule has 7 heteroatoms. The lowest BCUT2D eigenvalue weighted by Crippen LogP contribution is -2.36. The molecule has 1 aliphatic rings. The minimum atomic E-state index is -2.80. The smallest absolute Gasteiger partial charge is 0.246 e. The van der Waals surface area contributed by atoms with Gasteiger partial charge in [-0.3, -0.25) is 4.68 Å². The van der Waals surface area contributed by atoms with Crippen molar-refractivity contribution in [1.29, 1.82) is 0 Å². The summed E-state index contributed by atoms with van der Waals surface area (Å²) in [6.07, 6.45) is 10.6. The van der Waals surface area contributed by atoms with Crippen LogP contribution in [-0.2, 0) is 17.7 Å². The Balaban J connectivity index is 1.91. The Morgan fingerprint density at radius 3 is 2.59 bits per heavy atom. The molecule has 27 heavy (non-hydrogen) atoms. The van der Waals surface area contributed by atoms with Gasteiger partial charge in [-0.15, -0.1) is 5.10 Å². The molecule has 0 saturated carbocycles. The number of ether oxygens (including phenoxy) is 1. The van der Waals surface area contributed by atoms with Crippen molar-refractivity contribution < 1.29 is 14.0 Å². The summed E-state index contributed by atoms with van der Waals surface area (Å²) in [5, 5.41) is 17.2. The molecule has 1 fully saturated rings. The normalized spacial score (nSPS) is 26.0. The van der Waals surface area contributed by atoms with Crippen LogP contribution in [0.5, 0.6) is 0 Å². The van der Waals surface area contributed by atoms with E-state index in [1.165, 1.54) is 32.1 Å². The molecule has 5 nitrogen and oxygen atoms in total. The predicted molar refractivity (Wildman–Crippen MR) is 109 cm³/mol. The lowest BCUT2D eigenvalue weighted by Gasteiger charge is -2.28. The van der Waals surface area contributed by atoms with Crippen molar-refractivity contribution in [3.05, 3.63) is 11.9 Å². The number of rotatable bonds is 12. The number of halogens is 1. The minimum absolute atomic E-state index is 0.0298. The molecule has 1 aliphatic heterocycles. The second-order valence-corrected chi connectivity index (χ2v) is 12.4. The van der Waals surface area contributed by atoms with Gasteiger partial charge in [0.05, 0.1) is 17.9 Å². The SMILES string of the molecule is CCCCCCC[C@@H]1O[C@H](CCn2cc(CCO)nn2)[C@@H]([Si](C)(C)F)[C@@H]1C. The van der Waals surface area contributed by atoms with Crippen LogP contribution in [0.25, 0.3) is 0 Å². The first-order chi connectivity index (χ1) is 12.9. The van der Waals surface area contributed by atoms with Gasteiger partial charge in [0.25, 0.3) is 0 Å². The molecule has 0 aromatic carbocycles. The molecule has 2 rings (SSSR count). The standard InChI is InChI=1S/C20H38FN3O2Si/c1-5-6-7-8-9-10-18-16(2)20(27(3,4)21)19(26-18)11-13-24-15-17(12-14-25)22-23-24/h15-16,18-20,25H,5-14H2,1-4H3/t16-,18+,19-,20+/m1/s1. The molecule has 4 atom stereocenters. The summed E-state index contributed by atoms with van der Waals surface area (Å²) >= 11 is 0. The zero-order valence-electron chi connectivity index (χ0n) is 17.5. The highest BCUT2D eigenvalue weighted by atomic mass is 28.4. The van der Waals surface area contributed by atoms with Gasteiger partial charge in [-0.05, 0) is 31.9 Å². The third-order valence-electron chi connectivity index (χ3n) is 5.88. The fourth-order valence-electron chi connectivity index (χ4n) is 4.53. The minimum Gasteiger partial charge on any atom is -0.396 e. The number of nitrogens with zero attached hydrogens (tertiary/aromatic N) is 3. The first-order valence-electron chi connectivity index (χ1n) is 10.7. The zero-order chi connectivity index (χ0) is 19.9. The molecule has 1 saturated heterocycles. The first kappa shape index (κ1) is 22.5. The van der Waals surface area contributed by atoms with Crippen LogP contribution in [0.15, 0.2) is 6.20 Å². The van der Waals surface area contributed by atoms with Gasteiger partial charge in [0.2, 0.25) is 8.41 Å². The van der Waals surface area contributed by atoms with E-state index in [1.807, 2.05) is 19.3 Å². The molecule has 156 valence electrons. The van der Waals surface area contributed by atoms with E-state index in [9.17, 15) is 0 Å². The maximum Gasteiger partial charge on any atom is 0.246 e. The number of aryl methyl sites for hydroxylation is 1.